The average Bonchev–Trinajstić information content (AvgIpc) is 2.62. The number of carbonyl (C=O) groups is 1. The Kier molecular flexibility index (Phi) is 7.91. The van der Waals surface area contributed by atoms with Crippen LogP contribution in [0.5, 0.6) is 0 Å². The number of carbonyl (C=O) groups excluding carboxylic acids is 1. The van der Waals surface area contributed by atoms with Crippen LogP contribution in [0.1, 0.15) is 50.8 Å². The SMILES string of the molecule is CCCc1cc(=O)[nH]c(S[C@@H](C)C(=O)NC[C@H](CC)c2ccccc2)n1. The highest BCUT2D eigenvalue weighted by Gasteiger charge is 2.18. The van der Waals surface area contributed by atoms with E-state index in [1.54, 1.807) is 0 Å². The fraction of sp³-hybridized carbons (Fsp3) is 0.450. The van der Waals surface area contributed by atoms with E-state index in [0.29, 0.717) is 17.6 Å². The Morgan fingerprint density at radius 1 is 1.27 bits per heavy atom. The first-order valence-corrected chi connectivity index (χ1v) is 10.0. The Hall–Kier alpha value is -2.08. The van der Waals surface area contributed by atoms with E-state index in [4.69, 9.17) is 0 Å². The number of hydrogen-bond acceptors (Lipinski definition) is 4. The number of H-pyrrole nitrogens is 1. The van der Waals surface area contributed by atoms with Crippen LogP contribution in [0.4, 0.5) is 0 Å². The standard InChI is InChI=1S/C20H27N3O2S/c1-4-9-17-12-18(24)23-20(22-17)26-14(3)19(25)21-13-15(5-2)16-10-7-6-8-11-16/h6-8,10-12,14-15H,4-5,9,13H2,1-3H3,(H,21,25)(H,22,23,24)/t14-,15-/m0/s1. The summed E-state index contributed by atoms with van der Waals surface area (Å²) < 4.78 is 0. The van der Waals surface area contributed by atoms with Crippen molar-refractivity contribution in [1.29, 1.82) is 0 Å². The summed E-state index contributed by atoms with van der Waals surface area (Å²) in [7, 11) is 0. The van der Waals surface area contributed by atoms with Crippen molar-refractivity contribution in [2.45, 2.75) is 56.4 Å². The zero-order valence-corrected chi connectivity index (χ0v) is 16.4. The van der Waals surface area contributed by atoms with Crippen LogP contribution in [0.15, 0.2) is 46.3 Å². The lowest BCUT2D eigenvalue weighted by Gasteiger charge is -2.18. The van der Waals surface area contributed by atoms with Crippen molar-refractivity contribution < 1.29 is 4.79 Å². The molecular weight excluding hydrogens is 346 g/mol. The maximum Gasteiger partial charge on any atom is 0.251 e. The van der Waals surface area contributed by atoms with Crippen molar-refractivity contribution >= 4 is 17.7 Å². The first-order valence-electron chi connectivity index (χ1n) is 9.13. The zero-order valence-electron chi connectivity index (χ0n) is 15.6. The van der Waals surface area contributed by atoms with E-state index in [0.717, 1.165) is 25.0 Å². The monoisotopic (exact) mass is 373 g/mol. The highest BCUT2D eigenvalue weighted by molar-refractivity contribution is 8.00. The molecule has 1 amide bonds. The molecule has 2 aromatic rings. The number of hydrogen-bond donors (Lipinski definition) is 2. The minimum Gasteiger partial charge on any atom is -0.355 e. The van der Waals surface area contributed by atoms with Gasteiger partial charge < -0.3 is 10.3 Å². The van der Waals surface area contributed by atoms with Crippen molar-refractivity contribution in [3.05, 3.63) is 58.0 Å². The smallest absolute Gasteiger partial charge is 0.251 e. The van der Waals surface area contributed by atoms with E-state index in [9.17, 15) is 9.59 Å². The van der Waals surface area contributed by atoms with Gasteiger partial charge in [-0.3, -0.25) is 9.59 Å². The molecule has 0 spiro atoms. The Labute approximate surface area is 159 Å². The first-order chi connectivity index (χ1) is 12.5. The van der Waals surface area contributed by atoms with Crippen LogP contribution in [-0.2, 0) is 11.2 Å². The van der Waals surface area contributed by atoms with Gasteiger partial charge in [0.25, 0.3) is 5.56 Å². The Bertz CT molecular complexity index is 761. The lowest BCUT2D eigenvalue weighted by Crippen LogP contribution is -2.34. The van der Waals surface area contributed by atoms with Crippen LogP contribution in [-0.4, -0.2) is 27.7 Å². The number of benzene rings is 1. The summed E-state index contributed by atoms with van der Waals surface area (Å²) in [5, 5.41) is 3.20. The van der Waals surface area contributed by atoms with Crippen LogP contribution in [0.25, 0.3) is 0 Å². The molecule has 2 rings (SSSR count). The summed E-state index contributed by atoms with van der Waals surface area (Å²) in [6.07, 6.45) is 2.64. The molecule has 5 nitrogen and oxygen atoms in total. The molecule has 2 N–H and O–H groups in total. The van der Waals surface area contributed by atoms with E-state index in [1.807, 2.05) is 32.0 Å². The van der Waals surface area contributed by atoms with Gasteiger partial charge in [-0.05, 0) is 25.3 Å². The Morgan fingerprint density at radius 2 is 2.00 bits per heavy atom. The fourth-order valence-corrected chi connectivity index (χ4v) is 3.59. The summed E-state index contributed by atoms with van der Waals surface area (Å²) in [6.45, 7) is 6.60. The second kappa shape index (κ2) is 10.2. The highest BCUT2D eigenvalue weighted by atomic mass is 32.2. The predicted molar refractivity (Wildman–Crippen MR) is 107 cm³/mol. The van der Waals surface area contributed by atoms with E-state index in [2.05, 4.69) is 34.3 Å². The molecule has 0 aliphatic rings. The van der Waals surface area contributed by atoms with Crippen LogP contribution in [0.2, 0.25) is 0 Å². The lowest BCUT2D eigenvalue weighted by atomic mass is 9.96. The number of thioether (sulfide) groups is 1. The van der Waals surface area contributed by atoms with E-state index in [1.165, 1.54) is 23.4 Å². The van der Waals surface area contributed by atoms with E-state index >= 15 is 0 Å². The van der Waals surface area contributed by atoms with Crippen molar-refractivity contribution in [1.82, 2.24) is 15.3 Å². The summed E-state index contributed by atoms with van der Waals surface area (Å²) in [5.41, 5.74) is 1.82. The van der Waals surface area contributed by atoms with Gasteiger partial charge in [0, 0.05) is 24.2 Å². The molecule has 1 aromatic carbocycles. The molecule has 0 fully saturated rings. The molecule has 0 saturated heterocycles. The third kappa shape index (κ3) is 6.02. The van der Waals surface area contributed by atoms with Crippen molar-refractivity contribution in [2.75, 3.05) is 6.54 Å². The molecule has 140 valence electrons. The molecular formula is C20H27N3O2S. The predicted octanol–water partition coefficient (Wildman–Crippen LogP) is 3.51. The highest BCUT2D eigenvalue weighted by Crippen LogP contribution is 2.21. The third-order valence-corrected chi connectivity index (χ3v) is 5.21. The second-order valence-electron chi connectivity index (χ2n) is 6.31. The number of nitrogens with zero attached hydrogens (tertiary/aromatic N) is 1. The molecule has 0 bridgehead atoms. The second-order valence-corrected chi connectivity index (χ2v) is 7.64. The van der Waals surface area contributed by atoms with Gasteiger partial charge in [0.2, 0.25) is 5.91 Å². The van der Waals surface area contributed by atoms with Crippen LogP contribution in [0, 0.1) is 0 Å². The topological polar surface area (TPSA) is 74.8 Å². The molecule has 1 aromatic heterocycles. The first kappa shape index (κ1) is 20.2. The number of aryl methyl sites for hydroxylation is 1. The Balaban J connectivity index is 1.94. The summed E-state index contributed by atoms with van der Waals surface area (Å²) in [6, 6.07) is 11.7. The molecule has 0 aliphatic heterocycles. The van der Waals surface area contributed by atoms with Crippen molar-refractivity contribution in [2.24, 2.45) is 0 Å². The minimum atomic E-state index is -0.330. The number of rotatable bonds is 9. The lowest BCUT2D eigenvalue weighted by molar-refractivity contribution is -0.120. The summed E-state index contributed by atoms with van der Waals surface area (Å²) in [4.78, 5) is 31.3. The van der Waals surface area contributed by atoms with Gasteiger partial charge in [-0.2, -0.15) is 0 Å². The fourth-order valence-electron chi connectivity index (χ4n) is 2.74. The molecule has 26 heavy (non-hydrogen) atoms. The van der Waals surface area contributed by atoms with Gasteiger partial charge >= 0.3 is 0 Å². The van der Waals surface area contributed by atoms with Crippen molar-refractivity contribution in [3.8, 4) is 0 Å². The molecule has 2 atom stereocenters. The number of amides is 1. The van der Waals surface area contributed by atoms with Gasteiger partial charge in [0.15, 0.2) is 5.16 Å². The average molecular weight is 374 g/mol. The van der Waals surface area contributed by atoms with Crippen LogP contribution < -0.4 is 10.9 Å². The molecule has 0 radical (unpaired) electrons. The Morgan fingerprint density at radius 3 is 2.65 bits per heavy atom. The normalized spacial score (nSPS) is 13.2. The quantitative estimate of drug-likeness (QED) is 0.521. The maximum absolute atomic E-state index is 12.4. The molecule has 1 heterocycles. The van der Waals surface area contributed by atoms with Crippen LogP contribution in [0.3, 0.4) is 0 Å². The summed E-state index contributed by atoms with van der Waals surface area (Å²) >= 11 is 1.28. The maximum atomic E-state index is 12.4. The number of aromatic amines is 1. The molecule has 6 heteroatoms. The van der Waals surface area contributed by atoms with Crippen LogP contribution >= 0.6 is 11.8 Å². The third-order valence-electron chi connectivity index (χ3n) is 4.22. The van der Waals surface area contributed by atoms with Crippen molar-refractivity contribution in [3.63, 3.8) is 0 Å². The molecule has 0 unspecified atom stereocenters. The van der Waals surface area contributed by atoms with Gasteiger partial charge in [0.05, 0.1) is 5.25 Å². The van der Waals surface area contributed by atoms with Gasteiger partial charge in [-0.1, -0.05) is 62.4 Å². The number of aromatic nitrogens is 2. The molecule has 0 saturated carbocycles. The largest absolute Gasteiger partial charge is 0.355 e. The number of nitrogens with one attached hydrogen (secondary N) is 2. The van der Waals surface area contributed by atoms with Gasteiger partial charge in [0.1, 0.15) is 0 Å². The summed E-state index contributed by atoms with van der Waals surface area (Å²) in [5.74, 6) is 0.246. The zero-order chi connectivity index (χ0) is 18.9. The van der Waals surface area contributed by atoms with Gasteiger partial charge in [-0.15, -0.1) is 0 Å². The molecule has 0 aliphatic carbocycles. The van der Waals surface area contributed by atoms with E-state index in [-0.39, 0.29) is 16.7 Å². The minimum absolute atomic E-state index is 0.0482. The van der Waals surface area contributed by atoms with Gasteiger partial charge in [-0.25, -0.2) is 4.98 Å². The van der Waals surface area contributed by atoms with E-state index < -0.39 is 0 Å².